The molecule has 0 aliphatic heterocycles. The average Bonchev–Trinajstić information content (AvgIpc) is 2.42. The average molecular weight is 246 g/mol. The lowest BCUT2D eigenvalue weighted by atomic mass is 9.89. The maximum Gasteiger partial charge on any atom is -0.00242 e. The molecule has 3 aromatic carbocycles. The molecule has 0 aliphatic carbocycles. The van der Waals surface area contributed by atoms with Crippen LogP contribution in [0.4, 0.5) is 0 Å². The van der Waals surface area contributed by atoms with Crippen LogP contribution in [0.25, 0.3) is 34.2 Å². The third kappa shape index (κ3) is 1.67. The monoisotopic (exact) mass is 246 g/mol. The predicted molar refractivity (Wildman–Crippen MR) is 86.4 cm³/mol. The minimum atomic E-state index is 0.524. The van der Waals surface area contributed by atoms with Gasteiger partial charge < -0.3 is 0 Å². The molecule has 0 fully saturated rings. The molecule has 3 aromatic rings. The lowest BCUT2D eigenvalue weighted by Gasteiger charge is -2.15. The fourth-order valence-corrected chi connectivity index (χ4v) is 2.94. The molecule has 94 valence electrons. The summed E-state index contributed by atoms with van der Waals surface area (Å²) in [5.41, 5.74) is 2.57. The van der Waals surface area contributed by atoms with Crippen molar-refractivity contribution in [3.05, 3.63) is 59.3 Å². The number of hydrogen-bond donors (Lipinski definition) is 0. The first-order valence-electron chi connectivity index (χ1n) is 6.73. The summed E-state index contributed by atoms with van der Waals surface area (Å²) in [7, 11) is 0. The summed E-state index contributed by atoms with van der Waals surface area (Å²) in [6.45, 7) is 12.6. The highest BCUT2D eigenvalue weighted by Gasteiger charge is 2.11. The van der Waals surface area contributed by atoms with Gasteiger partial charge in [0.1, 0.15) is 0 Å². The van der Waals surface area contributed by atoms with Crippen molar-refractivity contribution in [1.82, 2.24) is 0 Å². The molecule has 0 aromatic heterocycles. The first-order valence-corrected chi connectivity index (χ1v) is 6.73. The molecule has 0 heteroatoms. The Balaban J connectivity index is 2.64. The fraction of sp³-hybridized carbons (Fsp3) is 0.158. The van der Waals surface area contributed by atoms with Crippen molar-refractivity contribution in [2.75, 3.05) is 0 Å². The van der Waals surface area contributed by atoms with Gasteiger partial charge in [0.25, 0.3) is 0 Å². The Kier molecular flexibility index (Phi) is 2.67. The van der Waals surface area contributed by atoms with E-state index in [-0.39, 0.29) is 0 Å². The molecule has 0 unspecified atom stereocenters. The number of hydrogen-bond acceptors (Lipinski definition) is 0. The van der Waals surface area contributed by atoms with Crippen LogP contribution in [-0.2, 0) is 0 Å². The Morgan fingerprint density at radius 1 is 0.947 bits per heavy atom. The van der Waals surface area contributed by atoms with Gasteiger partial charge in [0.05, 0.1) is 0 Å². The Morgan fingerprint density at radius 2 is 1.68 bits per heavy atom. The molecule has 0 amide bonds. The zero-order valence-electron chi connectivity index (χ0n) is 11.5. The second kappa shape index (κ2) is 4.24. The summed E-state index contributed by atoms with van der Waals surface area (Å²) >= 11 is 0. The lowest BCUT2D eigenvalue weighted by Crippen LogP contribution is -2.02. The topological polar surface area (TPSA) is 0 Å². The van der Waals surface area contributed by atoms with Gasteiger partial charge in [-0.1, -0.05) is 69.5 Å². The van der Waals surface area contributed by atoms with Gasteiger partial charge in [-0.3, -0.25) is 0 Å². The minimum Gasteiger partial charge on any atom is -0.0984 e. The molecule has 0 atom stereocenters. The normalized spacial score (nSPS) is 11.5. The van der Waals surface area contributed by atoms with E-state index in [0.29, 0.717) is 5.92 Å². The SMILES string of the molecule is C=Cc1ccc2c(C(C)C)ccc3ccc(=C)c1c32. The lowest BCUT2D eigenvalue weighted by molar-refractivity contribution is 0.877. The van der Waals surface area contributed by atoms with Crippen molar-refractivity contribution in [2.24, 2.45) is 0 Å². The Morgan fingerprint density at radius 3 is 2.37 bits per heavy atom. The number of benzene rings is 3. The highest BCUT2D eigenvalue weighted by molar-refractivity contribution is 6.13. The molecule has 0 radical (unpaired) electrons. The van der Waals surface area contributed by atoms with E-state index in [0.717, 1.165) is 5.22 Å². The molecule has 0 heterocycles. The summed E-state index contributed by atoms with van der Waals surface area (Å²) in [6, 6.07) is 13.1. The largest absolute Gasteiger partial charge is 0.0984 e. The standard InChI is InChI=1S/C19H18/c1-5-14-8-11-17-16(12(2)3)10-9-15-7-6-13(4)18(14)19(15)17/h5-12H,1,4H2,2-3H3. The molecule has 3 rings (SSSR count). The smallest absolute Gasteiger partial charge is 0.00242 e. The van der Waals surface area contributed by atoms with Crippen LogP contribution in [0, 0.1) is 0 Å². The van der Waals surface area contributed by atoms with Crippen LogP contribution in [-0.4, -0.2) is 0 Å². The summed E-state index contributed by atoms with van der Waals surface area (Å²) in [5, 5.41) is 6.28. The first-order chi connectivity index (χ1) is 9.13. The zero-order chi connectivity index (χ0) is 13.6. The molecule has 0 spiro atoms. The van der Waals surface area contributed by atoms with Gasteiger partial charge in [0, 0.05) is 0 Å². The molecular formula is C19H18. The van der Waals surface area contributed by atoms with Crippen LogP contribution in [0.2, 0.25) is 0 Å². The molecule has 0 N–H and O–H groups in total. The van der Waals surface area contributed by atoms with Crippen molar-refractivity contribution in [1.29, 1.82) is 0 Å². The zero-order valence-corrected chi connectivity index (χ0v) is 11.5. The van der Waals surface area contributed by atoms with Gasteiger partial charge in [0.15, 0.2) is 0 Å². The summed E-state index contributed by atoms with van der Waals surface area (Å²) in [4.78, 5) is 0. The van der Waals surface area contributed by atoms with Gasteiger partial charge >= 0.3 is 0 Å². The van der Waals surface area contributed by atoms with E-state index in [2.05, 4.69) is 63.4 Å². The maximum atomic E-state index is 4.19. The third-order valence-electron chi connectivity index (χ3n) is 3.91. The Labute approximate surface area is 114 Å². The van der Waals surface area contributed by atoms with Crippen LogP contribution in [0.15, 0.2) is 43.0 Å². The van der Waals surface area contributed by atoms with Crippen LogP contribution < -0.4 is 5.22 Å². The van der Waals surface area contributed by atoms with Crippen LogP contribution in [0.1, 0.15) is 30.9 Å². The van der Waals surface area contributed by atoms with Crippen LogP contribution in [0.5, 0.6) is 0 Å². The van der Waals surface area contributed by atoms with E-state index < -0.39 is 0 Å². The maximum absolute atomic E-state index is 4.19. The van der Waals surface area contributed by atoms with Crippen LogP contribution in [0.3, 0.4) is 0 Å². The second-order valence-corrected chi connectivity index (χ2v) is 5.41. The van der Waals surface area contributed by atoms with Crippen molar-refractivity contribution >= 4 is 34.2 Å². The summed E-state index contributed by atoms with van der Waals surface area (Å²) in [6.07, 6.45) is 1.92. The minimum absolute atomic E-state index is 0.524. The fourth-order valence-electron chi connectivity index (χ4n) is 2.94. The molecule has 0 nitrogen and oxygen atoms in total. The highest BCUT2D eigenvalue weighted by Crippen LogP contribution is 2.33. The van der Waals surface area contributed by atoms with Gasteiger partial charge in [-0.25, -0.2) is 0 Å². The van der Waals surface area contributed by atoms with Crippen molar-refractivity contribution in [2.45, 2.75) is 19.8 Å². The van der Waals surface area contributed by atoms with E-state index >= 15 is 0 Å². The van der Waals surface area contributed by atoms with Gasteiger partial charge in [-0.05, 0) is 43.8 Å². The Bertz CT molecular complexity index is 822. The quantitative estimate of drug-likeness (QED) is 0.604. The van der Waals surface area contributed by atoms with E-state index in [1.54, 1.807) is 0 Å². The molecule has 19 heavy (non-hydrogen) atoms. The van der Waals surface area contributed by atoms with E-state index in [1.165, 1.54) is 32.7 Å². The van der Waals surface area contributed by atoms with Crippen molar-refractivity contribution < 1.29 is 0 Å². The molecule has 0 saturated carbocycles. The van der Waals surface area contributed by atoms with Crippen molar-refractivity contribution in [3.63, 3.8) is 0 Å². The second-order valence-electron chi connectivity index (χ2n) is 5.41. The van der Waals surface area contributed by atoms with Gasteiger partial charge in [0.2, 0.25) is 0 Å². The predicted octanol–water partition coefficient (Wildman–Crippen LogP) is 4.89. The third-order valence-corrected chi connectivity index (χ3v) is 3.91. The summed E-state index contributed by atoms with van der Waals surface area (Å²) < 4.78 is 0. The van der Waals surface area contributed by atoms with E-state index in [9.17, 15) is 0 Å². The molecular weight excluding hydrogens is 228 g/mol. The van der Waals surface area contributed by atoms with Gasteiger partial charge in [-0.2, -0.15) is 0 Å². The van der Waals surface area contributed by atoms with Crippen LogP contribution >= 0.6 is 0 Å². The molecule has 0 bridgehead atoms. The van der Waals surface area contributed by atoms with E-state index in [1.807, 2.05) is 6.08 Å². The number of rotatable bonds is 2. The Hall–Kier alpha value is -2.08. The molecule has 0 aliphatic rings. The molecule has 0 saturated heterocycles. The summed E-state index contributed by atoms with van der Waals surface area (Å²) in [5.74, 6) is 0.524. The van der Waals surface area contributed by atoms with Gasteiger partial charge in [-0.15, -0.1) is 0 Å². The van der Waals surface area contributed by atoms with Crippen molar-refractivity contribution in [3.8, 4) is 0 Å². The van der Waals surface area contributed by atoms with E-state index in [4.69, 9.17) is 0 Å². The highest BCUT2D eigenvalue weighted by atomic mass is 14.1. The first kappa shape index (κ1) is 12.0.